The third-order valence-electron chi connectivity index (χ3n) is 1.85. The lowest BCUT2D eigenvalue weighted by atomic mass is 10.1. The molecular weight excluding hydrogens is 184 g/mol. The van der Waals surface area contributed by atoms with Crippen molar-refractivity contribution in [1.82, 2.24) is 5.32 Å². The molecule has 0 rings (SSSR count). The molecule has 0 unspecified atom stereocenters. The van der Waals surface area contributed by atoms with Gasteiger partial charge in [-0.2, -0.15) is 0 Å². The number of carbonyl (C=O) groups excluding carboxylic acids is 2. The van der Waals surface area contributed by atoms with Gasteiger partial charge in [0.05, 0.1) is 13.2 Å². The van der Waals surface area contributed by atoms with Crippen LogP contribution in [-0.4, -0.2) is 31.1 Å². The second-order valence-electron chi connectivity index (χ2n) is 3.15. The molecule has 0 radical (unpaired) electrons. The van der Waals surface area contributed by atoms with Gasteiger partial charge in [-0.3, -0.25) is 4.79 Å². The quantitative estimate of drug-likeness (QED) is 0.604. The number of ether oxygens (including phenoxy) is 1. The summed E-state index contributed by atoms with van der Waals surface area (Å²) in [4.78, 5) is 22.3. The molecule has 0 saturated carbocycles. The fourth-order valence-electron chi connectivity index (χ4n) is 0.998. The van der Waals surface area contributed by atoms with E-state index in [1.165, 1.54) is 7.11 Å². The Morgan fingerprint density at radius 2 is 2.07 bits per heavy atom. The van der Waals surface area contributed by atoms with Crippen molar-refractivity contribution in [2.45, 2.75) is 38.8 Å². The number of nitrogens with one attached hydrogen (secondary N) is 1. The van der Waals surface area contributed by atoms with Gasteiger partial charge in [0.15, 0.2) is 0 Å². The molecule has 0 saturated heterocycles. The summed E-state index contributed by atoms with van der Waals surface area (Å²) < 4.78 is 4.46. The van der Waals surface area contributed by atoms with E-state index in [0.717, 1.165) is 6.42 Å². The van der Waals surface area contributed by atoms with Crippen LogP contribution in [-0.2, 0) is 14.3 Å². The Morgan fingerprint density at radius 1 is 1.50 bits per heavy atom. The summed E-state index contributed by atoms with van der Waals surface area (Å²) in [6.07, 6.45) is 1.45. The molecule has 3 N–H and O–H groups in total. The largest absolute Gasteiger partial charge is 0.467 e. The number of nitrogens with two attached hydrogens (primary N) is 1. The van der Waals surface area contributed by atoms with Gasteiger partial charge in [-0.25, -0.2) is 4.79 Å². The number of esters is 1. The first kappa shape index (κ1) is 12.9. The third kappa shape index (κ3) is 4.23. The van der Waals surface area contributed by atoms with Crippen LogP contribution in [0.25, 0.3) is 0 Å². The van der Waals surface area contributed by atoms with Crippen molar-refractivity contribution in [2.24, 2.45) is 5.73 Å². The standard InChI is InChI=1S/C9H18N2O3/c1-4-5-7(10)8(12)11-6(2)9(13)14-3/h6-7H,4-5,10H2,1-3H3,(H,11,12)/t6-,7-/m0/s1. The van der Waals surface area contributed by atoms with Crippen LogP contribution < -0.4 is 11.1 Å². The van der Waals surface area contributed by atoms with Crippen LogP contribution in [0.15, 0.2) is 0 Å². The summed E-state index contributed by atoms with van der Waals surface area (Å²) in [6.45, 7) is 3.50. The molecule has 14 heavy (non-hydrogen) atoms. The lowest BCUT2D eigenvalue weighted by molar-refractivity contribution is -0.144. The van der Waals surface area contributed by atoms with E-state index in [-0.39, 0.29) is 5.91 Å². The van der Waals surface area contributed by atoms with Crippen molar-refractivity contribution in [1.29, 1.82) is 0 Å². The fourth-order valence-corrected chi connectivity index (χ4v) is 0.998. The van der Waals surface area contributed by atoms with Gasteiger partial charge in [-0.05, 0) is 13.3 Å². The van der Waals surface area contributed by atoms with Crippen LogP contribution in [0.1, 0.15) is 26.7 Å². The number of carbonyl (C=O) groups is 2. The summed E-state index contributed by atoms with van der Waals surface area (Å²) in [5.74, 6) is -0.785. The van der Waals surface area contributed by atoms with Gasteiger partial charge in [-0.15, -0.1) is 0 Å². The summed E-state index contributed by atoms with van der Waals surface area (Å²) in [7, 11) is 1.27. The third-order valence-corrected chi connectivity index (χ3v) is 1.85. The minimum absolute atomic E-state index is 0.315. The van der Waals surface area contributed by atoms with Crippen molar-refractivity contribution >= 4 is 11.9 Å². The average Bonchev–Trinajstić information content (AvgIpc) is 2.16. The van der Waals surface area contributed by atoms with E-state index in [2.05, 4.69) is 10.1 Å². The lowest BCUT2D eigenvalue weighted by Gasteiger charge is -2.15. The predicted octanol–water partition coefficient (Wildman–Crippen LogP) is -0.208. The van der Waals surface area contributed by atoms with Crippen LogP contribution in [0.5, 0.6) is 0 Å². The molecule has 0 aromatic carbocycles. The molecule has 5 heteroatoms. The monoisotopic (exact) mass is 202 g/mol. The summed E-state index contributed by atoms with van der Waals surface area (Å²) in [5.41, 5.74) is 5.55. The molecule has 0 spiro atoms. The highest BCUT2D eigenvalue weighted by atomic mass is 16.5. The van der Waals surface area contributed by atoms with Crippen LogP contribution in [0.3, 0.4) is 0 Å². The minimum Gasteiger partial charge on any atom is -0.467 e. The fraction of sp³-hybridized carbons (Fsp3) is 0.778. The molecular formula is C9H18N2O3. The molecule has 0 fully saturated rings. The Bertz CT molecular complexity index is 206. The second kappa shape index (κ2) is 6.37. The van der Waals surface area contributed by atoms with Gasteiger partial charge in [0.2, 0.25) is 5.91 Å². The second-order valence-corrected chi connectivity index (χ2v) is 3.15. The van der Waals surface area contributed by atoms with Gasteiger partial charge >= 0.3 is 5.97 Å². The van der Waals surface area contributed by atoms with Crippen LogP contribution in [0.2, 0.25) is 0 Å². The van der Waals surface area contributed by atoms with Gasteiger partial charge in [0.1, 0.15) is 6.04 Å². The normalized spacial score (nSPS) is 14.3. The smallest absolute Gasteiger partial charge is 0.328 e. The Kier molecular flexibility index (Phi) is 5.87. The maximum Gasteiger partial charge on any atom is 0.328 e. The van der Waals surface area contributed by atoms with E-state index in [1.807, 2.05) is 6.92 Å². The molecule has 0 aromatic heterocycles. The molecule has 0 aromatic rings. The number of amides is 1. The average molecular weight is 202 g/mol. The zero-order valence-electron chi connectivity index (χ0n) is 8.87. The van der Waals surface area contributed by atoms with Gasteiger partial charge in [0.25, 0.3) is 0 Å². The first-order valence-corrected chi connectivity index (χ1v) is 4.66. The SMILES string of the molecule is CCC[C@H](N)C(=O)N[C@@H](C)C(=O)OC. The van der Waals surface area contributed by atoms with Gasteiger partial charge in [-0.1, -0.05) is 13.3 Å². The Hall–Kier alpha value is -1.10. The van der Waals surface area contributed by atoms with Gasteiger partial charge in [0, 0.05) is 0 Å². The Labute approximate surface area is 84.0 Å². The molecule has 0 bridgehead atoms. The van der Waals surface area contributed by atoms with Gasteiger partial charge < -0.3 is 15.8 Å². The number of rotatable bonds is 5. The van der Waals surface area contributed by atoms with E-state index in [0.29, 0.717) is 6.42 Å². The van der Waals surface area contributed by atoms with Crippen LogP contribution in [0.4, 0.5) is 0 Å². The molecule has 0 aliphatic heterocycles. The maximum absolute atomic E-state index is 11.3. The van der Waals surface area contributed by atoms with Crippen molar-refractivity contribution in [3.8, 4) is 0 Å². The Morgan fingerprint density at radius 3 is 2.50 bits per heavy atom. The molecule has 5 nitrogen and oxygen atoms in total. The first-order chi connectivity index (χ1) is 6.52. The molecule has 0 aliphatic rings. The van der Waals surface area contributed by atoms with Crippen molar-refractivity contribution in [3.05, 3.63) is 0 Å². The summed E-state index contributed by atoms with van der Waals surface area (Å²) in [5, 5.41) is 2.48. The van der Waals surface area contributed by atoms with Crippen LogP contribution >= 0.6 is 0 Å². The highest BCUT2D eigenvalue weighted by molar-refractivity contribution is 5.87. The molecule has 0 aliphatic carbocycles. The maximum atomic E-state index is 11.3. The van der Waals surface area contributed by atoms with Crippen LogP contribution in [0, 0.1) is 0 Å². The molecule has 1 amide bonds. The number of hydrogen-bond donors (Lipinski definition) is 2. The zero-order chi connectivity index (χ0) is 11.1. The summed E-state index contributed by atoms with van der Waals surface area (Å²) in [6, 6.07) is -1.19. The lowest BCUT2D eigenvalue weighted by Crippen LogP contribution is -2.47. The Balaban J connectivity index is 3.98. The van der Waals surface area contributed by atoms with E-state index < -0.39 is 18.1 Å². The molecule has 0 heterocycles. The topological polar surface area (TPSA) is 81.4 Å². The number of methoxy groups -OCH3 is 1. The minimum atomic E-state index is -0.643. The highest BCUT2D eigenvalue weighted by Crippen LogP contribution is 1.94. The summed E-state index contributed by atoms with van der Waals surface area (Å²) >= 11 is 0. The number of hydrogen-bond acceptors (Lipinski definition) is 4. The van der Waals surface area contributed by atoms with E-state index in [1.54, 1.807) is 6.92 Å². The van der Waals surface area contributed by atoms with E-state index in [4.69, 9.17) is 5.73 Å². The highest BCUT2D eigenvalue weighted by Gasteiger charge is 2.19. The van der Waals surface area contributed by atoms with Crippen molar-refractivity contribution in [3.63, 3.8) is 0 Å². The van der Waals surface area contributed by atoms with E-state index in [9.17, 15) is 9.59 Å². The van der Waals surface area contributed by atoms with Crippen molar-refractivity contribution < 1.29 is 14.3 Å². The molecule has 82 valence electrons. The molecule has 2 atom stereocenters. The van der Waals surface area contributed by atoms with Crippen molar-refractivity contribution in [2.75, 3.05) is 7.11 Å². The zero-order valence-corrected chi connectivity index (χ0v) is 8.87. The predicted molar refractivity (Wildman–Crippen MR) is 52.5 cm³/mol. The first-order valence-electron chi connectivity index (χ1n) is 4.66. The van der Waals surface area contributed by atoms with E-state index >= 15 is 0 Å².